The topological polar surface area (TPSA) is 81.4 Å². The summed E-state index contributed by atoms with van der Waals surface area (Å²) in [5.74, 6) is 0.485. The molecule has 2 aromatic rings. The number of anilines is 2. The van der Waals surface area contributed by atoms with Gasteiger partial charge in [0.2, 0.25) is 0 Å². The highest BCUT2D eigenvalue weighted by molar-refractivity contribution is 9.10. The van der Waals surface area contributed by atoms with Crippen LogP contribution in [0.3, 0.4) is 0 Å². The van der Waals surface area contributed by atoms with E-state index >= 15 is 0 Å². The Kier molecular flexibility index (Phi) is 4.65. The molecule has 0 saturated heterocycles. The molecule has 2 rings (SSSR count). The van der Waals surface area contributed by atoms with Crippen LogP contribution in [0.2, 0.25) is 5.02 Å². The minimum absolute atomic E-state index is 0.0230. The van der Waals surface area contributed by atoms with E-state index in [1.165, 1.54) is 25.3 Å². The predicted molar refractivity (Wildman–Crippen MR) is 87.4 cm³/mol. The Hall–Kier alpha value is -1.44. The van der Waals surface area contributed by atoms with Crippen molar-refractivity contribution in [3.8, 4) is 5.75 Å². The van der Waals surface area contributed by atoms with Crippen molar-refractivity contribution in [1.82, 2.24) is 0 Å². The second kappa shape index (κ2) is 6.13. The van der Waals surface area contributed by atoms with E-state index in [4.69, 9.17) is 22.1 Å². The van der Waals surface area contributed by atoms with Crippen molar-refractivity contribution >= 4 is 48.9 Å². The maximum absolute atomic E-state index is 12.4. The van der Waals surface area contributed by atoms with E-state index in [9.17, 15) is 8.42 Å². The van der Waals surface area contributed by atoms with Crippen LogP contribution in [0.1, 0.15) is 0 Å². The smallest absolute Gasteiger partial charge is 0.263 e. The van der Waals surface area contributed by atoms with Crippen LogP contribution in [-0.2, 0) is 10.0 Å². The van der Waals surface area contributed by atoms with Crippen LogP contribution in [0, 0.1) is 0 Å². The molecule has 0 unspecified atom stereocenters. The van der Waals surface area contributed by atoms with Gasteiger partial charge >= 0.3 is 0 Å². The van der Waals surface area contributed by atoms with Gasteiger partial charge in [-0.25, -0.2) is 8.42 Å². The quantitative estimate of drug-likeness (QED) is 0.782. The fourth-order valence-electron chi connectivity index (χ4n) is 1.67. The summed E-state index contributed by atoms with van der Waals surface area (Å²) in [6.45, 7) is 0. The number of nitrogens with one attached hydrogen (secondary N) is 1. The van der Waals surface area contributed by atoms with Crippen LogP contribution in [0.15, 0.2) is 45.8 Å². The molecule has 0 atom stereocenters. The number of rotatable bonds is 4. The highest BCUT2D eigenvalue weighted by Gasteiger charge is 2.19. The lowest BCUT2D eigenvalue weighted by molar-refractivity contribution is 0.414. The molecule has 5 nitrogen and oxygen atoms in total. The number of hydrogen-bond acceptors (Lipinski definition) is 4. The van der Waals surface area contributed by atoms with E-state index in [0.29, 0.717) is 20.9 Å². The van der Waals surface area contributed by atoms with Crippen LogP contribution >= 0.6 is 27.5 Å². The summed E-state index contributed by atoms with van der Waals surface area (Å²) in [5.41, 5.74) is 6.24. The zero-order chi connectivity index (χ0) is 15.6. The molecule has 0 aliphatic heterocycles. The number of benzene rings is 2. The molecule has 0 aliphatic rings. The first-order chi connectivity index (χ1) is 9.83. The highest BCUT2D eigenvalue weighted by atomic mass is 79.9. The van der Waals surface area contributed by atoms with Crippen LogP contribution in [0.5, 0.6) is 5.75 Å². The summed E-state index contributed by atoms with van der Waals surface area (Å²) >= 11 is 9.07. The summed E-state index contributed by atoms with van der Waals surface area (Å²) in [4.78, 5) is -0.0230. The van der Waals surface area contributed by atoms with Gasteiger partial charge in [-0.15, -0.1) is 0 Å². The van der Waals surface area contributed by atoms with Gasteiger partial charge in [-0.05, 0) is 46.3 Å². The molecule has 0 amide bonds. The lowest BCUT2D eigenvalue weighted by Gasteiger charge is -2.12. The maximum atomic E-state index is 12.4. The summed E-state index contributed by atoms with van der Waals surface area (Å²) in [7, 11) is -2.33. The SMILES string of the molecule is COc1ccc(S(=O)(=O)Nc2ccc(Cl)cc2Br)c(N)c1. The molecular formula is C13H12BrClN2O3S. The minimum Gasteiger partial charge on any atom is -0.497 e. The zero-order valence-corrected chi connectivity index (χ0v) is 14.1. The molecule has 0 fully saturated rings. The van der Waals surface area contributed by atoms with Gasteiger partial charge in [-0.1, -0.05) is 11.6 Å². The van der Waals surface area contributed by atoms with Gasteiger partial charge in [0.25, 0.3) is 10.0 Å². The van der Waals surface area contributed by atoms with Gasteiger partial charge in [0, 0.05) is 15.6 Å². The molecule has 8 heteroatoms. The molecule has 0 saturated carbocycles. The monoisotopic (exact) mass is 390 g/mol. The van der Waals surface area contributed by atoms with Crippen molar-refractivity contribution < 1.29 is 13.2 Å². The molecule has 2 aromatic carbocycles. The fraction of sp³-hybridized carbons (Fsp3) is 0.0769. The zero-order valence-electron chi connectivity index (χ0n) is 10.9. The molecule has 112 valence electrons. The lowest BCUT2D eigenvalue weighted by Crippen LogP contribution is -2.15. The molecule has 0 aliphatic carbocycles. The molecule has 0 radical (unpaired) electrons. The highest BCUT2D eigenvalue weighted by Crippen LogP contribution is 2.30. The Labute approximate surface area is 136 Å². The Morgan fingerprint density at radius 3 is 2.52 bits per heavy atom. The third kappa shape index (κ3) is 3.61. The van der Waals surface area contributed by atoms with Crippen LogP contribution < -0.4 is 15.2 Å². The van der Waals surface area contributed by atoms with Gasteiger partial charge in [0.15, 0.2) is 0 Å². The van der Waals surface area contributed by atoms with E-state index in [-0.39, 0.29) is 10.6 Å². The molecular weight excluding hydrogens is 380 g/mol. The Bertz CT molecular complexity index is 781. The number of sulfonamides is 1. The number of hydrogen-bond donors (Lipinski definition) is 2. The number of halogens is 2. The van der Waals surface area contributed by atoms with Crippen molar-refractivity contribution in [3.05, 3.63) is 45.9 Å². The van der Waals surface area contributed by atoms with Crippen LogP contribution in [0.25, 0.3) is 0 Å². The average Bonchev–Trinajstić information content (AvgIpc) is 2.41. The van der Waals surface area contributed by atoms with E-state index < -0.39 is 10.0 Å². The number of methoxy groups -OCH3 is 1. The molecule has 3 N–H and O–H groups in total. The number of nitrogens with two attached hydrogens (primary N) is 1. The molecule has 0 bridgehead atoms. The minimum atomic E-state index is -3.81. The van der Waals surface area contributed by atoms with Gasteiger partial charge in [-0.2, -0.15) is 0 Å². The maximum Gasteiger partial charge on any atom is 0.263 e. The first kappa shape index (κ1) is 15.9. The summed E-state index contributed by atoms with van der Waals surface area (Å²) in [6, 6.07) is 9.11. The van der Waals surface area contributed by atoms with Gasteiger partial charge in [0.05, 0.1) is 18.5 Å². The van der Waals surface area contributed by atoms with E-state index in [1.54, 1.807) is 18.2 Å². The Morgan fingerprint density at radius 2 is 1.95 bits per heavy atom. The Morgan fingerprint density at radius 1 is 1.24 bits per heavy atom. The molecule has 21 heavy (non-hydrogen) atoms. The van der Waals surface area contributed by atoms with Gasteiger partial charge < -0.3 is 10.5 Å². The lowest BCUT2D eigenvalue weighted by atomic mass is 10.3. The third-order valence-corrected chi connectivity index (χ3v) is 5.01. The average molecular weight is 392 g/mol. The van der Waals surface area contributed by atoms with Crippen molar-refractivity contribution in [3.63, 3.8) is 0 Å². The van der Waals surface area contributed by atoms with E-state index in [2.05, 4.69) is 20.7 Å². The summed E-state index contributed by atoms with van der Waals surface area (Å²) in [5, 5.41) is 0.494. The first-order valence-corrected chi connectivity index (χ1v) is 8.40. The summed E-state index contributed by atoms with van der Waals surface area (Å²) in [6.07, 6.45) is 0. The van der Waals surface area contributed by atoms with Crippen molar-refractivity contribution in [2.24, 2.45) is 0 Å². The van der Waals surface area contributed by atoms with Crippen LogP contribution in [0.4, 0.5) is 11.4 Å². The molecule has 0 aromatic heterocycles. The second-order valence-electron chi connectivity index (χ2n) is 4.13. The van der Waals surface area contributed by atoms with E-state index in [0.717, 1.165) is 0 Å². The third-order valence-electron chi connectivity index (χ3n) is 2.68. The van der Waals surface area contributed by atoms with Crippen molar-refractivity contribution in [1.29, 1.82) is 0 Å². The predicted octanol–water partition coefficient (Wildman–Crippen LogP) is 3.49. The molecule has 0 spiro atoms. The van der Waals surface area contributed by atoms with E-state index in [1.807, 2.05) is 0 Å². The summed E-state index contributed by atoms with van der Waals surface area (Å²) < 4.78 is 32.7. The second-order valence-corrected chi connectivity index (χ2v) is 7.08. The standard InChI is InChI=1S/C13H12BrClN2O3S/c1-20-9-3-5-13(11(16)7-9)21(18,19)17-12-4-2-8(15)6-10(12)14/h2-7,17H,16H2,1H3. The van der Waals surface area contributed by atoms with Crippen molar-refractivity contribution in [2.75, 3.05) is 17.6 Å². The van der Waals surface area contributed by atoms with Crippen LogP contribution in [-0.4, -0.2) is 15.5 Å². The largest absolute Gasteiger partial charge is 0.497 e. The number of ether oxygens (including phenoxy) is 1. The van der Waals surface area contributed by atoms with Gasteiger partial charge in [0.1, 0.15) is 10.6 Å². The fourth-order valence-corrected chi connectivity index (χ4v) is 3.78. The normalized spacial score (nSPS) is 11.2. The molecule has 0 heterocycles. The first-order valence-electron chi connectivity index (χ1n) is 5.75. The van der Waals surface area contributed by atoms with Crippen molar-refractivity contribution in [2.45, 2.75) is 4.90 Å². The number of nitrogen functional groups attached to an aromatic ring is 1. The van der Waals surface area contributed by atoms with Gasteiger partial charge in [-0.3, -0.25) is 4.72 Å². The Balaban J connectivity index is 2.38.